The summed E-state index contributed by atoms with van der Waals surface area (Å²) in [5, 5.41) is 10.7. The monoisotopic (exact) mass is 383 g/mol. The Morgan fingerprint density at radius 1 is 1.25 bits per heavy atom. The van der Waals surface area contributed by atoms with Gasteiger partial charge in [-0.1, -0.05) is 30.3 Å². The molecule has 4 rings (SSSR count). The molecule has 1 aliphatic carbocycles. The summed E-state index contributed by atoms with van der Waals surface area (Å²) < 4.78 is 6.98. The van der Waals surface area contributed by atoms with Gasteiger partial charge in [-0.3, -0.25) is 14.9 Å². The van der Waals surface area contributed by atoms with E-state index in [0.717, 1.165) is 31.1 Å². The van der Waals surface area contributed by atoms with E-state index in [2.05, 4.69) is 44.9 Å². The number of hydrogen-bond acceptors (Lipinski definition) is 4. The highest BCUT2D eigenvalue weighted by Gasteiger charge is 2.35. The van der Waals surface area contributed by atoms with Gasteiger partial charge < -0.3 is 10.1 Å². The Morgan fingerprint density at radius 2 is 2.04 bits per heavy atom. The van der Waals surface area contributed by atoms with Gasteiger partial charge in [0.2, 0.25) is 0 Å². The number of urea groups is 1. The van der Waals surface area contributed by atoms with Crippen LogP contribution in [-0.2, 0) is 11.8 Å². The summed E-state index contributed by atoms with van der Waals surface area (Å²) >= 11 is 0. The van der Waals surface area contributed by atoms with E-state index in [1.54, 1.807) is 11.8 Å². The molecule has 7 heteroatoms. The topological polar surface area (TPSA) is 71.4 Å². The number of carbonyl (C=O) groups excluding carboxylic acids is 1. The number of anilines is 1. The zero-order valence-electron chi connectivity index (χ0n) is 16.6. The zero-order valence-corrected chi connectivity index (χ0v) is 16.6. The molecule has 2 atom stereocenters. The molecule has 0 radical (unpaired) electrons. The molecule has 0 bridgehead atoms. The predicted octanol–water partition coefficient (Wildman–Crippen LogP) is 2.53. The van der Waals surface area contributed by atoms with E-state index in [4.69, 9.17) is 4.74 Å². The second kappa shape index (κ2) is 8.32. The van der Waals surface area contributed by atoms with Crippen molar-refractivity contribution in [2.75, 3.05) is 38.7 Å². The van der Waals surface area contributed by atoms with Crippen LogP contribution < -0.4 is 10.6 Å². The number of benzene rings is 1. The largest absolute Gasteiger partial charge is 0.383 e. The van der Waals surface area contributed by atoms with E-state index in [-0.39, 0.29) is 18.0 Å². The number of aromatic nitrogens is 2. The third kappa shape index (κ3) is 4.36. The number of carbonyl (C=O) groups is 1. The number of nitrogens with one attached hydrogen (secondary N) is 2. The maximum atomic E-state index is 12.7. The predicted molar refractivity (Wildman–Crippen MR) is 109 cm³/mol. The second-order valence-corrected chi connectivity index (χ2v) is 7.83. The minimum Gasteiger partial charge on any atom is -0.383 e. The van der Waals surface area contributed by atoms with Crippen molar-refractivity contribution in [2.45, 2.75) is 30.7 Å². The van der Waals surface area contributed by atoms with Gasteiger partial charge in [-0.15, -0.1) is 0 Å². The summed E-state index contributed by atoms with van der Waals surface area (Å²) in [5.74, 6) is 1.57. The quantitative estimate of drug-likeness (QED) is 0.771. The fraction of sp³-hybridized carbons (Fsp3) is 0.524. The molecule has 2 fully saturated rings. The SMILES string of the molecule is COCCN1C[C@@H](NC(=O)Nc2cc(C3CC3)nn2C)[C@H](c2ccccc2)C1. The lowest BCUT2D eigenvalue weighted by molar-refractivity contribution is 0.159. The summed E-state index contributed by atoms with van der Waals surface area (Å²) in [5.41, 5.74) is 2.33. The van der Waals surface area contributed by atoms with E-state index >= 15 is 0 Å². The third-order valence-electron chi connectivity index (χ3n) is 5.69. The molecule has 2 aromatic rings. The van der Waals surface area contributed by atoms with E-state index in [1.807, 2.05) is 19.2 Å². The van der Waals surface area contributed by atoms with Gasteiger partial charge >= 0.3 is 6.03 Å². The van der Waals surface area contributed by atoms with Crippen molar-refractivity contribution in [2.24, 2.45) is 7.05 Å². The molecular formula is C21H29N5O2. The molecule has 7 nitrogen and oxygen atoms in total. The van der Waals surface area contributed by atoms with Crippen LogP contribution >= 0.6 is 0 Å². The van der Waals surface area contributed by atoms with Gasteiger partial charge in [0.25, 0.3) is 0 Å². The minimum absolute atomic E-state index is 0.0513. The molecule has 28 heavy (non-hydrogen) atoms. The van der Waals surface area contributed by atoms with Crippen LogP contribution in [-0.4, -0.2) is 60.1 Å². The van der Waals surface area contributed by atoms with Crippen molar-refractivity contribution in [3.8, 4) is 0 Å². The van der Waals surface area contributed by atoms with E-state index in [1.165, 1.54) is 18.4 Å². The van der Waals surface area contributed by atoms with Crippen molar-refractivity contribution >= 4 is 11.8 Å². The fourth-order valence-electron chi connectivity index (χ4n) is 3.98. The summed E-state index contributed by atoms with van der Waals surface area (Å²) in [6.45, 7) is 3.29. The summed E-state index contributed by atoms with van der Waals surface area (Å²) in [6, 6.07) is 12.3. The molecule has 2 heterocycles. The first kappa shape index (κ1) is 19.0. The number of nitrogens with zero attached hydrogens (tertiary/aromatic N) is 3. The van der Waals surface area contributed by atoms with Crippen LogP contribution in [0.25, 0.3) is 0 Å². The first-order chi connectivity index (χ1) is 13.6. The van der Waals surface area contributed by atoms with Gasteiger partial charge in [0.1, 0.15) is 5.82 Å². The third-order valence-corrected chi connectivity index (χ3v) is 5.69. The Kier molecular flexibility index (Phi) is 5.64. The Hall–Kier alpha value is -2.38. The maximum Gasteiger partial charge on any atom is 0.320 e. The lowest BCUT2D eigenvalue weighted by atomic mass is 9.94. The first-order valence-electron chi connectivity index (χ1n) is 10.0. The molecule has 150 valence electrons. The normalized spacial score (nSPS) is 22.4. The van der Waals surface area contributed by atoms with E-state index in [0.29, 0.717) is 12.5 Å². The van der Waals surface area contributed by atoms with Crippen LogP contribution in [0.5, 0.6) is 0 Å². The number of hydrogen-bond donors (Lipinski definition) is 2. The molecule has 1 aliphatic heterocycles. The Morgan fingerprint density at radius 3 is 2.75 bits per heavy atom. The summed E-state index contributed by atoms with van der Waals surface area (Å²) in [7, 11) is 3.59. The van der Waals surface area contributed by atoms with Gasteiger partial charge in [-0.05, 0) is 18.4 Å². The molecule has 1 aromatic carbocycles. The highest BCUT2D eigenvalue weighted by molar-refractivity contribution is 5.88. The van der Waals surface area contributed by atoms with Gasteiger partial charge in [0, 0.05) is 51.7 Å². The molecule has 2 amide bonds. The molecule has 1 saturated heterocycles. The fourth-order valence-corrected chi connectivity index (χ4v) is 3.98. The van der Waals surface area contributed by atoms with Crippen molar-refractivity contribution in [3.05, 3.63) is 47.7 Å². The first-order valence-corrected chi connectivity index (χ1v) is 10.0. The van der Waals surface area contributed by atoms with Crippen LogP contribution in [0.15, 0.2) is 36.4 Å². The average Bonchev–Trinajstić information content (AvgIpc) is 3.38. The number of rotatable bonds is 7. The van der Waals surface area contributed by atoms with Gasteiger partial charge in [-0.25, -0.2) is 4.79 Å². The molecule has 1 saturated carbocycles. The molecule has 2 aliphatic rings. The minimum atomic E-state index is -0.176. The molecule has 0 unspecified atom stereocenters. The van der Waals surface area contributed by atoms with Crippen LogP contribution in [0, 0.1) is 0 Å². The second-order valence-electron chi connectivity index (χ2n) is 7.83. The number of methoxy groups -OCH3 is 1. The Labute approximate surface area is 166 Å². The van der Waals surface area contributed by atoms with Crippen molar-refractivity contribution < 1.29 is 9.53 Å². The summed E-state index contributed by atoms with van der Waals surface area (Å²) in [6.07, 6.45) is 2.39. The van der Waals surface area contributed by atoms with E-state index in [9.17, 15) is 4.79 Å². The van der Waals surface area contributed by atoms with Gasteiger partial charge in [-0.2, -0.15) is 5.10 Å². The summed E-state index contributed by atoms with van der Waals surface area (Å²) in [4.78, 5) is 15.1. The molecular weight excluding hydrogens is 354 g/mol. The lowest BCUT2D eigenvalue weighted by Gasteiger charge is -2.20. The number of ether oxygens (including phenoxy) is 1. The highest BCUT2D eigenvalue weighted by Crippen LogP contribution is 2.39. The van der Waals surface area contributed by atoms with Crippen LogP contribution in [0.3, 0.4) is 0 Å². The lowest BCUT2D eigenvalue weighted by Crippen LogP contribution is -2.42. The van der Waals surface area contributed by atoms with Crippen molar-refractivity contribution in [1.82, 2.24) is 20.0 Å². The molecule has 0 spiro atoms. The van der Waals surface area contributed by atoms with Crippen molar-refractivity contribution in [3.63, 3.8) is 0 Å². The number of likely N-dealkylation sites (tertiary alicyclic amines) is 1. The van der Waals surface area contributed by atoms with Gasteiger partial charge in [0.05, 0.1) is 18.3 Å². The molecule has 1 aromatic heterocycles. The van der Waals surface area contributed by atoms with Crippen LogP contribution in [0.4, 0.5) is 10.6 Å². The highest BCUT2D eigenvalue weighted by atomic mass is 16.5. The van der Waals surface area contributed by atoms with E-state index < -0.39 is 0 Å². The maximum absolute atomic E-state index is 12.7. The van der Waals surface area contributed by atoms with Crippen molar-refractivity contribution in [1.29, 1.82) is 0 Å². The Bertz CT molecular complexity index is 802. The number of amides is 2. The van der Waals surface area contributed by atoms with Crippen LogP contribution in [0.2, 0.25) is 0 Å². The zero-order chi connectivity index (χ0) is 19.5. The number of aryl methyl sites for hydroxylation is 1. The standard InChI is InChI=1S/C21H29N5O2/c1-25-20(12-18(24-25)16-8-9-16)23-21(27)22-19-14-26(10-11-28-2)13-17(19)15-6-4-3-5-7-15/h3-7,12,16-17,19H,8-11,13-14H2,1-2H3,(H2,22,23,27)/t17-,19+/m0/s1. The smallest absolute Gasteiger partial charge is 0.320 e. The van der Waals surface area contributed by atoms with Gasteiger partial charge in [0.15, 0.2) is 0 Å². The van der Waals surface area contributed by atoms with Crippen LogP contribution in [0.1, 0.15) is 35.9 Å². The average molecular weight is 383 g/mol. The Balaban J connectivity index is 1.42. The molecule has 2 N–H and O–H groups in total.